The maximum Gasteiger partial charge on any atom is 0.233 e. The van der Waals surface area contributed by atoms with Crippen molar-refractivity contribution in [3.05, 3.63) is 95.7 Å². The Hall–Kier alpha value is -2.94. The third-order valence-electron chi connectivity index (χ3n) is 6.13. The van der Waals surface area contributed by atoms with Gasteiger partial charge in [-0.15, -0.1) is 0 Å². The van der Waals surface area contributed by atoms with Crippen LogP contribution in [0.4, 0.5) is 5.82 Å². The minimum Gasteiger partial charge on any atom is -0.289 e. The van der Waals surface area contributed by atoms with Gasteiger partial charge in [-0.2, -0.15) is 0 Å². The Labute approximate surface area is 179 Å². The first-order valence-corrected chi connectivity index (χ1v) is 11.1. The molecule has 1 unspecified atom stereocenters. The zero-order valence-corrected chi connectivity index (χ0v) is 17.7. The first kappa shape index (κ1) is 20.3. The van der Waals surface area contributed by atoms with Gasteiger partial charge in [-0.25, -0.2) is 4.98 Å². The number of aryl methyl sites for hydroxylation is 1. The molecular weight excluding hydrogens is 368 g/mol. The van der Waals surface area contributed by atoms with Crippen LogP contribution in [0.5, 0.6) is 0 Å². The highest BCUT2D eigenvalue weighted by molar-refractivity contribution is 5.94. The number of rotatable bonds is 6. The number of benzene rings is 2. The van der Waals surface area contributed by atoms with E-state index in [4.69, 9.17) is 0 Å². The molecule has 1 saturated carbocycles. The molecule has 0 N–H and O–H groups in total. The van der Waals surface area contributed by atoms with Gasteiger partial charge in [-0.1, -0.05) is 79.9 Å². The molecule has 3 nitrogen and oxygen atoms in total. The number of pyridine rings is 1. The number of nitrogens with zero attached hydrogens (tertiary/aromatic N) is 2. The maximum atomic E-state index is 13.8. The van der Waals surface area contributed by atoms with Gasteiger partial charge in [0.25, 0.3) is 0 Å². The molecule has 0 spiro atoms. The molecule has 0 saturated heterocycles. The fourth-order valence-electron chi connectivity index (χ4n) is 4.67. The van der Waals surface area contributed by atoms with Crippen LogP contribution in [0.3, 0.4) is 0 Å². The van der Waals surface area contributed by atoms with Crippen LogP contribution in [-0.4, -0.2) is 10.9 Å². The molecule has 0 aliphatic heterocycles. The molecule has 4 rings (SSSR count). The summed E-state index contributed by atoms with van der Waals surface area (Å²) < 4.78 is 0. The zero-order chi connectivity index (χ0) is 20.8. The second-order valence-electron chi connectivity index (χ2n) is 8.37. The molecule has 3 heteroatoms. The maximum absolute atomic E-state index is 13.8. The predicted molar refractivity (Wildman–Crippen MR) is 122 cm³/mol. The van der Waals surface area contributed by atoms with Crippen LogP contribution in [0.25, 0.3) is 0 Å². The minimum absolute atomic E-state index is 0.0111. The summed E-state index contributed by atoms with van der Waals surface area (Å²) in [6, 6.07) is 24.6. The second-order valence-corrected chi connectivity index (χ2v) is 8.37. The fraction of sp³-hybridized carbons (Fsp3) is 0.333. The number of aromatic nitrogens is 1. The lowest BCUT2D eigenvalue weighted by Gasteiger charge is -2.39. The topological polar surface area (TPSA) is 33.2 Å². The summed E-state index contributed by atoms with van der Waals surface area (Å²) in [5.74, 6) is 1.32. The number of carbonyl (C=O) groups is 1. The van der Waals surface area contributed by atoms with E-state index >= 15 is 0 Å². The van der Waals surface area contributed by atoms with E-state index in [1.54, 1.807) is 0 Å². The van der Waals surface area contributed by atoms with Crippen molar-refractivity contribution in [2.24, 2.45) is 5.92 Å². The molecule has 154 valence electrons. The number of hydrogen-bond acceptors (Lipinski definition) is 2. The number of amides is 1. The van der Waals surface area contributed by atoms with Crippen molar-refractivity contribution >= 4 is 11.7 Å². The van der Waals surface area contributed by atoms with Crippen LogP contribution in [0, 0.1) is 12.8 Å². The van der Waals surface area contributed by atoms with Crippen molar-refractivity contribution in [2.75, 3.05) is 4.90 Å². The van der Waals surface area contributed by atoms with Crippen molar-refractivity contribution in [1.29, 1.82) is 0 Å². The standard InChI is InChI=1S/C27H30N2O/c1-21-17-18-28-25(19-21)29(26(30)20-22-11-5-2-6-12-22)27(23-13-7-3-8-14-23)24-15-9-4-10-16-24/h2-3,5-8,11-14,17-19,24,27H,4,9-10,15-16,20H2,1H3. The van der Waals surface area contributed by atoms with Crippen LogP contribution in [-0.2, 0) is 11.2 Å². The molecule has 1 heterocycles. The largest absolute Gasteiger partial charge is 0.289 e. The SMILES string of the molecule is Cc1ccnc(N(C(=O)Cc2ccccc2)C(c2ccccc2)C2CCCCC2)c1. The molecule has 2 aromatic carbocycles. The summed E-state index contributed by atoms with van der Waals surface area (Å²) in [5, 5.41) is 0. The van der Waals surface area contributed by atoms with Gasteiger partial charge in [-0.05, 0) is 54.5 Å². The molecule has 0 radical (unpaired) electrons. The van der Waals surface area contributed by atoms with Crippen molar-refractivity contribution in [1.82, 2.24) is 4.98 Å². The first-order valence-electron chi connectivity index (χ1n) is 11.1. The van der Waals surface area contributed by atoms with Crippen molar-refractivity contribution in [3.63, 3.8) is 0 Å². The van der Waals surface area contributed by atoms with E-state index in [0.29, 0.717) is 12.3 Å². The van der Waals surface area contributed by atoms with E-state index in [0.717, 1.165) is 29.8 Å². The molecule has 30 heavy (non-hydrogen) atoms. The summed E-state index contributed by atoms with van der Waals surface area (Å²) in [6.07, 6.45) is 8.26. The molecular formula is C27H30N2O. The van der Waals surface area contributed by atoms with Crippen molar-refractivity contribution in [2.45, 2.75) is 51.5 Å². The Morgan fingerprint density at radius 2 is 1.63 bits per heavy atom. The zero-order valence-electron chi connectivity index (χ0n) is 17.7. The van der Waals surface area contributed by atoms with Crippen LogP contribution in [0.2, 0.25) is 0 Å². The average Bonchev–Trinajstić information content (AvgIpc) is 2.79. The normalized spacial score (nSPS) is 15.5. The summed E-state index contributed by atoms with van der Waals surface area (Å²) in [6.45, 7) is 2.06. The van der Waals surface area contributed by atoms with Crippen molar-refractivity contribution < 1.29 is 4.79 Å². The molecule has 0 bridgehead atoms. The highest BCUT2D eigenvalue weighted by Crippen LogP contribution is 2.40. The van der Waals surface area contributed by atoms with E-state index in [9.17, 15) is 4.79 Å². The van der Waals surface area contributed by atoms with E-state index in [1.165, 1.54) is 24.8 Å². The van der Waals surface area contributed by atoms with Crippen LogP contribution in [0.15, 0.2) is 79.0 Å². The van der Waals surface area contributed by atoms with Gasteiger partial charge in [0.15, 0.2) is 0 Å². The Bertz CT molecular complexity index is 949. The summed E-state index contributed by atoms with van der Waals surface area (Å²) in [7, 11) is 0. The van der Waals surface area contributed by atoms with E-state index in [1.807, 2.05) is 59.6 Å². The molecule has 1 aromatic heterocycles. The quantitative estimate of drug-likeness (QED) is 0.489. The van der Waals surface area contributed by atoms with Gasteiger partial charge in [0, 0.05) is 6.20 Å². The number of hydrogen-bond donors (Lipinski definition) is 0. The van der Waals surface area contributed by atoms with Gasteiger partial charge in [0.2, 0.25) is 5.91 Å². The smallest absolute Gasteiger partial charge is 0.233 e. The second kappa shape index (κ2) is 9.71. The van der Waals surface area contributed by atoms with Crippen molar-refractivity contribution in [3.8, 4) is 0 Å². The van der Waals surface area contributed by atoms with Gasteiger partial charge in [0.1, 0.15) is 5.82 Å². The Kier molecular flexibility index (Phi) is 6.58. The predicted octanol–water partition coefficient (Wildman–Crippen LogP) is 6.29. The Morgan fingerprint density at radius 1 is 0.967 bits per heavy atom. The number of anilines is 1. The molecule has 1 aliphatic rings. The third kappa shape index (κ3) is 4.79. The monoisotopic (exact) mass is 398 g/mol. The van der Waals surface area contributed by atoms with Gasteiger partial charge >= 0.3 is 0 Å². The van der Waals surface area contributed by atoms with Crippen LogP contribution in [0.1, 0.15) is 54.8 Å². The van der Waals surface area contributed by atoms with E-state index < -0.39 is 0 Å². The van der Waals surface area contributed by atoms with E-state index in [-0.39, 0.29) is 11.9 Å². The molecule has 1 amide bonds. The lowest BCUT2D eigenvalue weighted by atomic mass is 9.80. The van der Waals surface area contributed by atoms with Gasteiger partial charge < -0.3 is 0 Å². The van der Waals surface area contributed by atoms with Crippen LogP contribution < -0.4 is 4.90 Å². The molecule has 1 aliphatic carbocycles. The summed E-state index contributed by atoms with van der Waals surface area (Å²) in [4.78, 5) is 20.4. The Morgan fingerprint density at radius 3 is 2.30 bits per heavy atom. The highest BCUT2D eigenvalue weighted by Gasteiger charge is 2.34. The number of carbonyl (C=O) groups excluding carboxylic acids is 1. The lowest BCUT2D eigenvalue weighted by molar-refractivity contribution is -0.118. The minimum atomic E-state index is 0.0111. The molecule has 1 fully saturated rings. The highest BCUT2D eigenvalue weighted by atomic mass is 16.2. The van der Waals surface area contributed by atoms with Crippen LogP contribution >= 0.6 is 0 Å². The molecule has 3 aromatic rings. The first-order chi connectivity index (χ1) is 14.7. The van der Waals surface area contributed by atoms with Gasteiger partial charge in [0.05, 0.1) is 12.5 Å². The average molecular weight is 399 g/mol. The fourth-order valence-corrected chi connectivity index (χ4v) is 4.67. The summed E-state index contributed by atoms with van der Waals surface area (Å²) >= 11 is 0. The van der Waals surface area contributed by atoms with Gasteiger partial charge in [-0.3, -0.25) is 9.69 Å². The Balaban J connectivity index is 1.77. The summed E-state index contributed by atoms with van der Waals surface area (Å²) in [5.41, 5.74) is 3.36. The third-order valence-corrected chi connectivity index (χ3v) is 6.13. The van der Waals surface area contributed by atoms with E-state index in [2.05, 4.69) is 36.2 Å². The lowest BCUT2D eigenvalue weighted by Crippen LogP contribution is -2.41. The molecule has 1 atom stereocenters.